The first-order chi connectivity index (χ1) is 10.3. The van der Waals surface area contributed by atoms with Gasteiger partial charge in [-0.1, -0.05) is 0 Å². The highest BCUT2D eigenvalue weighted by Crippen LogP contribution is 2.22. The molecule has 0 aliphatic carbocycles. The van der Waals surface area contributed by atoms with Gasteiger partial charge in [0.1, 0.15) is 5.69 Å². The van der Waals surface area contributed by atoms with E-state index in [4.69, 9.17) is 5.73 Å². The number of hydrogen-bond donors (Lipinski definition) is 1. The fourth-order valence-electron chi connectivity index (χ4n) is 3.35. The quantitative estimate of drug-likeness (QED) is 0.912. The largest absolute Gasteiger partial charge is 0.336 e. The molecule has 0 radical (unpaired) electrons. The number of thiazole rings is 1. The summed E-state index contributed by atoms with van der Waals surface area (Å²) < 4.78 is 0. The normalized spacial score (nSPS) is 23.7. The molecule has 21 heavy (non-hydrogen) atoms. The van der Waals surface area contributed by atoms with Crippen molar-refractivity contribution in [1.82, 2.24) is 14.8 Å². The summed E-state index contributed by atoms with van der Waals surface area (Å²) in [7, 11) is 0. The number of nitrogens with zero attached hydrogens (tertiary/aromatic N) is 3. The molecule has 2 N–H and O–H groups in total. The number of hydrogen-bond acceptors (Lipinski definition) is 5. The Morgan fingerprint density at radius 2 is 2.14 bits per heavy atom. The van der Waals surface area contributed by atoms with E-state index in [1.165, 1.54) is 32.4 Å². The number of likely N-dealkylation sites (tertiary alicyclic amines) is 2. The van der Waals surface area contributed by atoms with Crippen LogP contribution in [0.1, 0.15) is 41.2 Å². The molecule has 116 valence electrons. The number of amides is 1. The van der Waals surface area contributed by atoms with E-state index in [9.17, 15) is 4.79 Å². The topological polar surface area (TPSA) is 62.5 Å². The molecule has 0 saturated carbocycles. The van der Waals surface area contributed by atoms with Crippen molar-refractivity contribution in [2.45, 2.75) is 38.1 Å². The second kappa shape index (κ2) is 6.85. The second-order valence-corrected chi connectivity index (χ2v) is 6.90. The number of carbonyl (C=O) groups excluding carboxylic acids is 1. The molecule has 0 spiro atoms. The third-order valence-corrected chi connectivity index (χ3v) is 5.38. The lowest BCUT2D eigenvalue weighted by Gasteiger charge is -2.37. The van der Waals surface area contributed by atoms with Crippen LogP contribution in [0.5, 0.6) is 0 Å². The van der Waals surface area contributed by atoms with E-state index >= 15 is 0 Å². The molecule has 2 aliphatic rings. The van der Waals surface area contributed by atoms with Gasteiger partial charge in [0.2, 0.25) is 0 Å². The Morgan fingerprint density at radius 3 is 2.90 bits per heavy atom. The van der Waals surface area contributed by atoms with E-state index in [0.717, 1.165) is 30.9 Å². The maximum atomic E-state index is 12.6. The molecule has 1 unspecified atom stereocenters. The predicted octanol–water partition coefficient (Wildman–Crippen LogP) is 1.34. The Hall–Kier alpha value is -0.980. The van der Waals surface area contributed by atoms with Gasteiger partial charge in [0.15, 0.2) is 0 Å². The van der Waals surface area contributed by atoms with Crippen LogP contribution in [0.25, 0.3) is 0 Å². The summed E-state index contributed by atoms with van der Waals surface area (Å²) in [4.78, 5) is 21.6. The molecular weight excluding hydrogens is 284 g/mol. The fourth-order valence-corrected chi connectivity index (χ4v) is 4.14. The molecule has 1 aromatic rings. The van der Waals surface area contributed by atoms with E-state index in [2.05, 4.69) is 9.88 Å². The van der Waals surface area contributed by atoms with E-state index in [1.54, 1.807) is 11.3 Å². The lowest BCUT2D eigenvalue weighted by molar-refractivity contribution is 0.0603. The van der Waals surface area contributed by atoms with Crippen molar-refractivity contribution in [1.29, 1.82) is 0 Å². The van der Waals surface area contributed by atoms with Gasteiger partial charge in [-0.3, -0.25) is 9.69 Å². The molecule has 6 heteroatoms. The molecule has 3 heterocycles. The van der Waals surface area contributed by atoms with Crippen molar-refractivity contribution in [2.24, 2.45) is 5.73 Å². The van der Waals surface area contributed by atoms with Gasteiger partial charge >= 0.3 is 0 Å². The number of nitrogens with two attached hydrogens (primary N) is 1. The van der Waals surface area contributed by atoms with Crippen LogP contribution in [0.3, 0.4) is 0 Å². The van der Waals surface area contributed by atoms with E-state index in [1.807, 2.05) is 10.3 Å². The Morgan fingerprint density at radius 1 is 1.33 bits per heavy atom. The van der Waals surface area contributed by atoms with Crippen LogP contribution >= 0.6 is 11.3 Å². The summed E-state index contributed by atoms with van der Waals surface area (Å²) in [5, 5.41) is 2.85. The van der Waals surface area contributed by atoms with Gasteiger partial charge in [-0.05, 0) is 45.3 Å². The first-order valence-corrected chi connectivity index (χ1v) is 8.83. The van der Waals surface area contributed by atoms with Crippen LogP contribution < -0.4 is 5.73 Å². The molecule has 2 saturated heterocycles. The molecule has 1 amide bonds. The van der Waals surface area contributed by atoms with Crippen LogP contribution in [-0.4, -0.2) is 59.5 Å². The molecule has 1 atom stereocenters. The average Bonchev–Trinajstić information content (AvgIpc) is 3.18. The van der Waals surface area contributed by atoms with Gasteiger partial charge < -0.3 is 10.6 Å². The highest BCUT2D eigenvalue weighted by Gasteiger charge is 2.30. The Labute approximate surface area is 130 Å². The zero-order valence-electron chi connectivity index (χ0n) is 12.5. The van der Waals surface area contributed by atoms with Crippen LogP contribution in [0.2, 0.25) is 0 Å². The van der Waals surface area contributed by atoms with Crippen LogP contribution in [-0.2, 0) is 6.42 Å². The summed E-state index contributed by atoms with van der Waals surface area (Å²) in [6, 6.07) is 0.548. The number of aromatic nitrogens is 1. The van der Waals surface area contributed by atoms with Gasteiger partial charge in [0.25, 0.3) is 5.91 Å². The molecule has 5 nitrogen and oxygen atoms in total. The van der Waals surface area contributed by atoms with Gasteiger partial charge in [-0.15, -0.1) is 11.3 Å². The van der Waals surface area contributed by atoms with Crippen LogP contribution in [0, 0.1) is 0 Å². The highest BCUT2D eigenvalue weighted by molar-refractivity contribution is 7.09. The summed E-state index contributed by atoms with van der Waals surface area (Å²) in [5.74, 6) is 0.0958. The van der Waals surface area contributed by atoms with Gasteiger partial charge in [0.05, 0.1) is 5.01 Å². The third-order valence-electron chi connectivity index (χ3n) is 4.47. The maximum Gasteiger partial charge on any atom is 0.273 e. The standard InChI is InChI=1S/C15H24N4OS/c16-6-5-14-17-13(11-21-14)15(20)19-9-3-4-12(10-19)18-7-1-2-8-18/h11-12H,1-10,16H2. The van der Waals surface area contributed by atoms with E-state index < -0.39 is 0 Å². The van der Waals surface area contributed by atoms with Crippen molar-refractivity contribution in [3.05, 3.63) is 16.1 Å². The minimum Gasteiger partial charge on any atom is -0.336 e. The lowest BCUT2D eigenvalue weighted by Crippen LogP contribution is -2.49. The number of carbonyl (C=O) groups is 1. The van der Waals surface area contributed by atoms with Crippen molar-refractivity contribution < 1.29 is 4.79 Å². The Kier molecular flexibility index (Phi) is 4.87. The van der Waals surface area contributed by atoms with E-state index in [0.29, 0.717) is 18.3 Å². The smallest absolute Gasteiger partial charge is 0.273 e. The summed E-state index contributed by atoms with van der Waals surface area (Å²) in [5.41, 5.74) is 6.14. The molecule has 0 aromatic carbocycles. The fraction of sp³-hybridized carbons (Fsp3) is 0.733. The van der Waals surface area contributed by atoms with E-state index in [-0.39, 0.29) is 5.91 Å². The zero-order chi connectivity index (χ0) is 14.7. The lowest BCUT2D eigenvalue weighted by atomic mass is 10.0. The first-order valence-electron chi connectivity index (χ1n) is 7.95. The molecule has 3 rings (SSSR count). The van der Waals surface area contributed by atoms with Gasteiger partial charge in [-0.2, -0.15) is 0 Å². The zero-order valence-corrected chi connectivity index (χ0v) is 13.3. The van der Waals surface area contributed by atoms with Crippen molar-refractivity contribution >= 4 is 17.2 Å². The van der Waals surface area contributed by atoms with Crippen LogP contribution in [0.4, 0.5) is 0 Å². The monoisotopic (exact) mass is 308 g/mol. The molecule has 2 aliphatic heterocycles. The number of rotatable bonds is 4. The SMILES string of the molecule is NCCc1nc(C(=O)N2CCCC(N3CCCC3)C2)cs1. The molecule has 2 fully saturated rings. The average molecular weight is 308 g/mol. The molecule has 1 aromatic heterocycles. The third kappa shape index (κ3) is 3.44. The Bertz CT molecular complexity index is 484. The highest BCUT2D eigenvalue weighted by atomic mass is 32.1. The van der Waals surface area contributed by atoms with Crippen molar-refractivity contribution in [3.63, 3.8) is 0 Å². The van der Waals surface area contributed by atoms with Crippen molar-refractivity contribution in [2.75, 3.05) is 32.7 Å². The minimum atomic E-state index is 0.0958. The second-order valence-electron chi connectivity index (χ2n) is 5.96. The summed E-state index contributed by atoms with van der Waals surface area (Å²) in [6.45, 7) is 4.71. The summed E-state index contributed by atoms with van der Waals surface area (Å²) in [6.07, 6.45) is 5.69. The molecule has 0 bridgehead atoms. The number of piperidine rings is 1. The van der Waals surface area contributed by atoms with Crippen molar-refractivity contribution in [3.8, 4) is 0 Å². The first kappa shape index (κ1) is 14.9. The molecular formula is C15H24N4OS. The summed E-state index contributed by atoms with van der Waals surface area (Å²) >= 11 is 1.54. The minimum absolute atomic E-state index is 0.0958. The van der Waals surface area contributed by atoms with Gasteiger partial charge in [0, 0.05) is 30.9 Å². The Balaban J connectivity index is 1.62. The van der Waals surface area contributed by atoms with Crippen LogP contribution in [0.15, 0.2) is 5.38 Å². The predicted molar refractivity (Wildman–Crippen MR) is 84.6 cm³/mol. The maximum absolute atomic E-state index is 12.6. The van der Waals surface area contributed by atoms with Gasteiger partial charge in [-0.25, -0.2) is 4.98 Å².